The van der Waals surface area contributed by atoms with Crippen molar-refractivity contribution in [2.45, 2.75) is 130 Å². The largest absolute Gasteiger partial charge is 0.443 e. The molecule has 0 aromatic carbocycles. The van der Waals surface area contributed by atoms with E-state index in [0.717, 1.165) is 38.5 Å². The molecule has 6 rings (SSSR count). The molecule has 4 N–H and O–H groups in total. The third kappa shape index (κ3) is 3.02. The summed E-state index contributed by atoms with van der Waals surface area (Å²) >= 11 is 0. The van der Waals surface area contributed by atoms with Gasteiger partial charge in [-0.3, -0.25) is 0 Å². The second-order valence-corrected chi connectivity index (χ2v) is 15.7. The van der Waals surface area contributed by atoms with Crippen LogP contribution in [-0.2, 0) is 9.47 Å². The Hall–Kier alpha value is -0.850. The van der Waals surface area contributed by atoms with Gasteiger partial charge in [0.05, 0.1) is 24.4 Å². The number of hydrogen-bond donors (Lipinski definition) is 3. The van der Waals surface area contributed by atoms with Gasteiger partial charge in [-0.15, -0.1) is 0 Å². The van der Waals surface area contributed by atoms with Crippen molar-refractivity contribution in [3.8, 4) is 0 Å². The van der Waals surface area contributed by atoms with Crippen molar-refractivity contribution in [3.05, 3.63) is 0 Å². The van der Waals surface area contributed by atoms with E-state index in [1.807, 2.05) is 13.8 Å². The Morgan fingerprint density at radius 3 is 2.30 bits per heavy atom. The predicted octanol–water partition coefficient (Wildman–Crippen LogP) is 5.28. The lowest BCUT2D eigenvalue weighted by Crippen LogP contribution is -2.59. The third-order valence-electron chi connectivity index (χ3n) is 14.1. The van der Waals surface area contributed by atoms with Crippen LogP contribution in [0.4, 0.5) is 4.79 Å². The van der Waals surface area contributed by atoms with Crippen LogP contribution in [0.2, 0.25) is 0 Å². The molecule has 13 atom stereocenters. The minimum absolute atomic E-state index is 0.00950. The van der Waals surface area contributed by atoms with E-state index in [9.17, 15) is 15.0 Å². The first kappa shape index (κ1) is 26.4. The summed E-state index contributed by atoms with van der Waals surface area (Å²) in [6.45, 7) is 15.9. The molecule has 6 nitrogen and oxygen atoms in total. The Labute approximate surface area is 223 Å². The number of hydrogen-bond acceptors (Lipinski definition) is 5. The number of ether oxygens (including phenoxy) is 2. The summed E-state index contributed by atoms with van der Waals surface area (Å²) in [6.07, 6.45) is 6.46. The molecule has 2 spiro atoms. The Morgan fingerprint density at radius 2 is 1.65 bits per heavy atom. The number of rotatable bonds is 3. The zero-order valence-electron chi connectivity index (χ0n) is 24.1. The molecule has 5 aliphatic carbocycles. The summed E-state index contributed by atoms with van der Waals surface area (Å²) in [4.78, 5) is 11.7. The molecule has 37 heavy (non-hydrogen) atoms. The highest BCUT2D eigenvalue weighted by Gasteiger charge is 2.84. The van der Waals surface area contributed by atoms with E-state index in [0.29, 0.717) is 34.5 Å². The van der Waals surface area contributed by atoms with E-state index in [1.54, 1.807) is 0 Å². The number of carbonyl (C=O) groups excluding carboxylic acids is 1. The number of carbonyl (C=O) groups is 1. The summed E-state index contributed by atoms with van der Waals surface area (Å²) in [5.41, 5.74) is 5.84. The molecule has 0 aromatic rings. The molecule has 0 bridgehead atoms. The van der Waals surface area contributed by atoms with Gasteiger partial charge in [0.15, 0.2) is 0 Å². The number of primary amides is 1. The number of amides is 1. The number of aliphatic hydroxyl groups is 2. The SMILES string of the molecule is CC(C)C(OC(N)=O)C1C[C@@H](C)[C@H]2C(O1)[C@H](O)[C@@]1(C)C3CC[C@H]4C(C)(C)C(O)CCC45CC35CCC21C. The van der Waals surface area contributed by atoms with Gasteiger partial charge in [0.25, 0.3) is 0 Å². The van der Waals surface area contributed by atoms with Crippen LogP contribution in [0, 0.1) is 56.7 Å². The quantitative estimate of drug-likeness (QED) is 0.473. The maximum absolute atomic E-state index is 12.3. The number of nitrogens with two attached hydrogens (primary N) is 1. The van der Waals surface area contributed by atoms with Gasteiger partial charge in [-0.25, -0.2) is 4.79 Å². The maximum Gasteiger partial charge on any atom is 0.404 e. The minimum Gasteiger partial charge on any atom is -0.443 e. The van der Waals surface area contributed by atoms with E-state index < -0.39 is 18.3 Å². The summed E-state index contributed by atoms with van der Waals surface area (Å²) in [7, 11) is 0. The first-order chi connectivity index (χ1) is 17.2. The fraction of sp³-hybridized carbons (Fsp3) is 0.968. The Balaban J connectivity index is 1.34. The molecular weight excluding hydrogens is 466 g/mol. The van der Waals surface area contributed by atoms with Crippen LogP contribution >= 0.6 is 0 Å². The van der Waals surface area contributed by atoms with Gasteiger partial charge in [-0.1, -0.05) is 48.5 Å². The molecule has 8 unspecified atom stereocenters. The molecule has 1 saturated heterocycles. The standard InChI is InChI=1S/C31H51NO5/c1-16(2)23(37-26(32)35)18-14-17(3)22-24(36-18)25(34)29(7)20-9-8-19-27(4,5)21(33)10-11-30(19)15-31(20,30)13-12-28(22,29)6/h16-25,33-34H,8-15H2,1-7H3,(H2,32,35)/t17-,18?,19+,20?,21?,22+,23?,24?,25+,28?,29-,30?,31?/m1/s1. The van der Waals surface area contributed by atoms with Gasteiger partial charge in [0.1, 0.15) is 6.10 Å². The normalized spacial score (nSPS) is 56.3. The highest BCUT2D eigenvalue weighted by atomic mass is 16.6. The van der Waals surface area contributed by atoms with Gasteiger partial charge in [-0.2, -0.15) is 0 Å². The monoisotopic (exact) mass is 517 g/mol. The maximum atomic E-state index is 12.3. The predicted molar refractivity (Wildman–Crippen MR) is 141 cm³/mol. The second-order valence-electron chi connectivity index (χ2n) is 15.7. The van der Waals surface area contributed by atoms with Crippen molar-refractivity contribution < 1.29 is 24.5 Å². The van der Waals surface area contributed by atoms with Crippen molar-refractivity contribution in [1.82, 2.24) is 0 Å². The van der Waals surface area contributed by atoms with Crippen molar-refractivity contribution in [1.29, 1.82) is 0 Å². The van der Waals surface area contributed by atoms with Gasteiger partial charge in [0.2, 0.25) is 0 Å². The number of fused-ring (bicyclic) bond motifs is 4. The van der Waals surface area contributed by atoms with E-state index in [2.05, 4.69) is 34.6 Å². The number of aliphatic hydroxyl groups excluding tert-OH is 2. The average Bonchev–Trinajstić information content (AvgIpc) is 3.45. The first-order valence-electron chi connectivity index (χ1n) is 15.1. The van der Waals surface area contributed by atoms with Gasteiger partial charge in [-0.05, 0) is 103 Å². The highest BCUT2D eigenvalue weighted by molar-refractivity contribution is 5.64. The second kappa shape index (κ2) is 7.87. The van der Waals surface area contributed by atoms with Crippen molar-refractivity contribution >= 4 is 6.09 Å². The van der Waals surface area contributed by atoms with Gasteiger partial charge >= 0.3 is 6.09 Å². The Bertz CT molecular complexity index is 967. The van der Waals surface area contributed by atoms with Crippen LogP contribution in [0.3, 0.4) is 0 Å². The Morgan fingerprint density at radius 1 is 1.00 bits per heavy atom. The zero-order chi connectivity index (χ0) is 26.9. The summed E-state index contributed by atoms with van der Waals surface area (Å²) in [5, 5.41) is 23.2. The summed E-state index contributed by atoms with van der Waals surface area (Å²) in [5.74, 6) is 1.80. The first-order valence-corrected chi connectivity index (χ1v) is 15.1. The van der Waals surface area contributed by atoms with Crippen LogP contribution in [0.25, 0.3) is 0 Å². The molecule has 210 valence electrons. The molecular formula is C31H51NO5. The lowest BCUT2D eigenvalue weighted by molar-refractivity contribution is -0.184. The van der Waals surface area contributed by atoms with E-state index in [1.165, 1.54) is 12.8 Å². The molecule has 0 radical (unpaired) electrons. The molecule has 6 heteroatoms. The topological polar surface area (TPSA) is 102 Å². The van der Waals surface area contributed by atoms with Crippen LogP contribution in [0.15, 0.2) is 0 Å². The van der Waals surface area contributed by atoms with E-state index in [4.69, 9.17) is 15.2 Å². The molecule has 6 aliphatic rings. The fourth-order valence-corrected chi connectivity index (χ4v) is 12.3. The minimum atomic E-state index is -0.755. The summed E-state index contributed by atoms with van der Waals surface area (Å²) < 4.78 is 12.4. The van der Waals surface area contributed by atoms with Crippen molar-refractivity contribution in [3.63, 3.8) is 0 Å². The summed E-state index contributed by atoms with van der Waals surface area (Å²) in [6, 6.07) is 0. The van der Waals surface area contributed by atoms with Crippen LogP contribution < -0.4 is 5.73 Å². The van der Waals surface area contributed by atoms with Crippen LogP contribution in [0.1, 0.15) is 99.8 Å². The fourth-order valence-electron chi connectivity index (χ4n) is 12.3. The van der Waals surface area contributed by atoms with E-state index in [-0.39, 0.29) is 40.5 Å². The molecule has 1 amide bonds. The third-order valence-corrected chi connectivity index (χ3v) is 14.1. The lowest BCUT2D eigenvalue weighted by atomic mass is 9.41. The smallest absolute Gasteiger partial charge is 0.404 e. The molecule has 6 fully saturated rings. The molecule has 1 heterocycles. The van der Waals surface area contributed by atoms with Gasteiger partial charge in [0, 0.05) is 5.41 Å². The lowest BCUT2D eigenvalue weighted by Gasteiger charge is -2.63. The van der Waals surface area contributed by atoms with E-state index >= 15 is 0 Å². The van der Waals surface area contributed by atoms with Crippen molar-refractivity contribution in [2.24, 2.45) is 62.4 Å². The highest BCUT2D eigenvalue weighted by Crippen LogP contribution is 2.89. The zero-order valence-corrected chi connectivity index (χ0v) is 24.1. The van der Waals surface area contributed by atoms with Crippen molar-refractivity contribution in [2.75, 3.05) is 0 Å². The molecule has 0 aromatic heterocycles. The van der Waals surface area contributed by atoms with Gasteiger partial charge < -0.3 is 25.4 Å². The Kier molecular flexibility index (Phi) is 5.61. The average molecular weight is 518 g/mol. The molecule has 1 aliphatic heterocycles. The van der Waals surface area contributed by atoms with Crippen LogP contribution in [0.5, 0.6) is 0 Å². The molecule has 5 saturated carbocycles. The van der Waals surface area contributed by atoms with Crippen LogP contribution in [-0.4, -0.2) is 46.8 Å².